The van der Waals surface area contributed by atoms with E-state index in [1.54, 1.807) is 0 Å². The Balaban J connectivity index is 4.47. The summed E-state index contributed by atoms with van der Waals surface area (Å²) in [6.07, 6.45) is 73.2. The van der Waals surface area contributed by atoms with E-state index in [1.807, 2.05) is 0 Å². The van der Waals surface area contributed by atoms with E-state index in [2.05, 4.69) is 154 Å². The van der Waals surface area contributed by atoms with E-state index >= 15 is 0 Å². The van der Waals surface area contributed by atoms with Gasteiger partial charge in [0.1, 0.15) is 6.61 Å². The van der Waals surface area contributed by atoms with Crippen molar-refractivity contribution in [2.75, 3.05) is 19.8 Å². The van der Waals surface area contributed by atoms with Gasteiger partial charge in [-0.05, 0) is 128 Å². The van der Waals surface area contributed by atoms with Gasteiger partial charge in [-0.25, -0.2) is 0 Å². The van der Waals surface area contributed by atoms with Crippen LogP contribution in [0.2, 0.25) is 0 Å². The third-order valence-electron chi connectivity index (χ3n) is 9.66. The molecule has 0 heterocycles. The van der Waals surface area contributed by atoms with Crippen molar-refractivity contribution >= 4 is 11.9 Å². The van der Waals surface area contributed by atoms with Gasteiger partial charge in [0, 0.05) is 19.4 Å². The second kappa shape index (κ2) is 51.4. The van der Waals surface area contributed by atoms with Gasteiger partial charge in [-0.2, -0.15) is 0 Å². The lowest BCUT2D eigenvalue weighted by molar-refractivity contribution is -0.163. The number of carbonyl (C=O) groups is 2. The van der Waals surface area contributed by atoms with Crippen LogP contribution in [-0.4, -0.2) is 37.9 Å². The van der Waals surface area contributed by atoms with Crippen LogP contribution in [0, 0.1) is 0 Å². The summed E-state index contributed by atoms with van der Waals surface area (Å²) in [7, 11) is 0. The fourth-order valence-corrected chi connectivity index (χ4v) is 6.09. The summed E-state index contributed by atoms with van der Waals surface area (Å²) in [5.41, 5.74) is 0. The minimum Gasteiger partial charge on any atom is -0.462 e. The molecular formula is C57H90O5. The summed E-state index contributed by atoms with van der Waals surface area (Å²) in [5, 5.41) is 0. The number of hydrogen-bond donors (Lipinski definition) is 0. The molecule has 0 fully saturated rings. The third kappa shape index (κ3) is 48.7. The van der Waals surface area contributed by atoms with Gasteiger partial charge < -0.3 is 14.2 Å². The normalized spacial score (nSPS) is 13.4. The third-order valence-corrected chi connectivity index (χ3v) is 9.66. The highest BCUT2D eigenvalue weighted by molar-refractivity contribution is 5.70. The van der Waals surface area contributed by atoms with Crippen molar-refractivity contribution < 1.29 is 23.8 Å². The maximum atomic E-state index is 12.8. The number of unbranched alkanes of at least 4 members (excludes halogenated alkanes) is 10. The van der Waals surface area contributed by atoms with Crippen LogP contribution in [0.3, 0.4) is 0 Å². The average Bonchev–Trinajstić information content (AvgIpc) is 3.27. The standard InChI is InChI=1S/C57H90O5/c1-4-7-10-13-16-19-22-25-28-31-34-37-40-43-46-49-52-60-53-55(62-57(59)51-48-45-42-39-36-33-30-27-24-21-18-15-12-9-6-3)54-61-56(58)50-47-44-41-38-35-32-29-26-23-20-17-14-11-8-5-2/h7-12,16-21,25-30,34-35,37-38,55H,4-6,13-15,22-24,31-33,36,39-54H2,1-3H3/b10-7-,11-8-,12-9-,19-16-,20-17-,21-18-,28-25-,29-26-,30-27-,37-34-,38-35-. The van der Waals surface area contributed by atoms with Gasteiger partial charge in [0.25, 0.3) is 0 Å². The molecule has 0 aromatic heterocycles. The molecule has 0 radical (unpaired) electrons. The molecule has 0 bridgehead atoms. The Kier molecular flexibility index (Phi) is 48.1. The van der Waals surface area contributed by atoms with Crippen LogP contribution in [-0.2, 0) is 23.8 Å². The fourth-order valence-electron chi connectivity index (χ4n) is 6.09. The largest absolute Gasteiger partial charge is 0.462 e. The van der Waals surface area contributed by atoms with Crippen molar-refractivity contribution in [3.8, 4) is 0 Å². The number of ether oxygens (including phenoxy) is 3. The molecule has 1 unspecified atom stereocenters. The van der Waals surface area contributed by atoms with Crippen molar-refractivity contribution in [3.63, 3.8) is 0 Å². The van der Waals surface area contributed by atoms with Gasteiger partial charge in [0.15, 0.2) is 6.10 Å². The second-order valence-corrected chi connectivity index (χ2v) is 15.6. The molecule has 0 aliphatic heterocycles. The quantitative estimate of drug-likeness (QED) is 0.0347. The van der Waals surface area contributed by atoms with Crippen molar-refractivity contribution in [1.29, 1.82) is 0 Å². The molecule has 0 rings (SSSR count). The van der Waals surface area contributed by atoms with Crippen molar-refractivity contribution in [2.24, 2.45) is 0 Å². The van der Waals surface area contributed by atoms with E-state index in [0.717, 1.165) is 148 Å². The Morgan fingerprint density at radius 3 is 1.11 bits per heavy atom. The first-order valence-corrected chi connectivity index (χ1v) is 24.7. The van der Waals surface area contributed by atoms with E-state index in [1.165, 1.54) is 6.42 Å². The minimum atomic E-state index is -0.588. The first-order chi connectivity index (χ1) is 30.6. The fraction of sp³-hybridized carbons (Fsp3) is 0.579. The van der Waals surface area contributed by atoms with Gasteiger partial charge in [0.05, 0.1) is 6.61 Å². The molecule has 0 aliphatic carbocycles. The summed E-state index contributed by atoms with van der Waals surface area (Å²) < 4.78 is 17.3. The Labute approximate surface area is 381 Å². The molecule has 0 aliphatic rings. The number of carbonyl (C=O) groups excluding carboxylic acids is 2. The Bertz CT molecular complexity index is 1330. The molecule has 5 nitrogen and oxygen atoms in total. The highest BCUT2D eigenvalue weighted by Crippen LogP contribution is 2.11. The van der Waals surface area contributed by atoms with Gasteiger partial charge in [-0.3, -0.25) is 9.59 Å². The zero-order valence-electron chi connectivity index (χ0n) is 39.8. The molecule has 1 atom stereocenters. The topological polar surface area (TPSA) is 61.8 Å². The molecule has 0 N–H and O–H groups in total. The van der Waals surface area contributed by atoms with Crippen LogP contribution >= 0.6 is 0 Å². The van der Waals surface area contributed by atoms with Crippen molar-refractivity contribution in [1.82, 2.24) is 0 Å². The Hall–Kier alpha value is -3.96. The number of hydrogen-bond acceptors (Lipinski definition) is 5. The lowest BCUT2D eigenvalue weighted by atomic mass is 10.1. The molecular weight excluding hydrogens is 765 g/mol. The highest BCUT2D eigenvalue weighted by Gasteiger charge is 2.17. The van der Waals surface area contributed by atoms with Crippen LogP contribution in [0.15, 0.2) is 134 Å². The van der Waals surface area contributed by atoms with E-state index in [-0.39, 0.29) is 25.2 Å². The molecule has 0 aromatic rings. The van der Waals surface area contributed by atoms with Crippen LogP contribution < -0.4 is 0 Å². The van der Waals surface area contributed by atoms with Gasteiger partial charge in [-0.1, -0.05) is 180 Å². The van der Waals surface area contributed by atoms with Crippen molar-refractivity contribution in [2.45, 2.75) is 194 Å². The van der Waals surface area contributed by atoms with Gasteiger partial charge in [-0.15, -0.1) is 0 Å². The monoisotopic (exact) mass is 855 g/mol. The summed E-state index contributed by atoms with van der Waals surface area (Å²) in [4.78, 5) is 25.4. The predicted molar refractivity (Wildman–Crippen MR) is 269 cm³/mol. The zero-order chi connectivity index (χ0) is 44.9. The Morgan fingerprint density at radius 2 is 0.677 bits per heavy atom. The minimum absolute atomic E-state index is 0.0342. The summed E-state index contributed by atoms with van der Waals surface area (Å²) in [6.45, 7) is 7.33. The first-order valence-electron chi connectivity index (χ1n) is 24.7. The first kappa shape index (κ1) is 58.0. The van der Waals surface area contributed by atoms with E-state index in [0.29, 0.717) is 19.4 Å². The molecule has 0 spiro atoms. The van der Waals surface area contributed by atoms with E-state index < -0.39 is 6.10 Å². The number of esters is 2. The SMILES string of the molecule is CC/C=C\C/C=C\C/C=C\C/C=C\CCCCCOCC(COC(=O)CCCC/C=C\C/C=C\C/C=C\C/C=C\CC)OC(=O)CCCCCCC/C=C\C/C=C\C/C=C\CC. The molecule has 348 valence electrons. The molecule has 0 aromatic carbocycles. The maximum absolute atomic E-state index is 12.8. The molecule has 0 saturated carbocycles. The number of allylic oxidation sites excluding steroid dienone is 22. The van der Waals surface area contributed by atoms with Gasteiger partial charge >= 0.3 is 11.9 Å². The molecule has 0 amide bonds. The van der Waals surface area contributed by atoms with Crippen LogP contribution in [0.1, 0.15) is 188 Å². The lowest BCUT2D eigenvalue weighted by Crippen LogP contribution is -2.30. The molecule has 5 heteroatoms. The van der Waals surface area contributed by atoms with Crippen LogP contribution in [0.4, 0.5) is 0 Å². The summed E-state index contributed by atoms with van der Waals surface area (Å²) in [5.74, 6) is -0.495. The van der Waals surface area contributed by atoms with Crippen LogP contribution in [0.25, 0.3) is 0 Å². The van der Waals surface area contributed by atoms with E-state index in [9.17, 15) is 9.59 Å². The van der Waals surface area contributed by atoms with Gasteiger partial charge in [0.2, 0.25) is 0 Å². The Morgan fingerprint density at radius 1 is 0.355 bits per heavy atom. The molecule has 62 heavy (non-hydrogen) atoms. The summed E-state index contributed by atoms with van der Waals surface area (Å²) in [6, 6.07) is 0. The van der Waals surface area contributed by atoms with E-state index in [4.69, 9.17) is 14.2 Å². The average molecular weight is 855 g/mol. The maximum Gasteiger partial charge on any atom is 0.306 e. The predicted octanol–water partition coefficient (Wildman–Crippen LogP) is 16.8. The molecule has 0 saturated heterocycles. The van der Waals surface area contributed by atoms with Crippen LogP contribution in [0.5, 0.6) is 0 Å². The zero-order valence-corrected chi connectivity index (χ0v) is 39.8. The number of rotatable bonds is 43. The lowest BCUT2D eigenvalue weighted by Gasteiger charge is -2.18. The second-order valence-electron chi connectivity index (χ2n) is 15.6. The smallest absolute Gasteiger partial charge is 0.306 e. The highest BCUT2D eigenvalue weighted by atomic mass is 16.6. The summed E-state index contributed by atoms with van der Waals surface area (Å²) >= 11 is 0. The van der Waals surface area contributed by atoms with Crippen molar-refractivity contribution in [3.05, 3.63) is 134 Å².